The van der Waals surface area contributed by atoms with Crippen molar-refractivity contribution >= 4 is 0 Å². The molecule has 1 aromatic carbocycles. The van der Waals surface area contributed by atoms with Crippen molar-refractivity contribution < 1.29 is 4.39 Å². The summed E-state index contributed by atoms with van der Waals surface area (Å²) in [7, 11) is 0. The number of aromatic nitrogens is 2. The second-order valence-electron chi connectivity index (χ2n) is 4.36. The topological polar surface area (TPSA) is 40.7 Å². The molecular formula is C13H14FN3. The predicted octanol–water partition coefficient (Wildman–Crippen LogP) is 2.33. The number of benzene rings is 1. The Hall–Kier alpha value is -1.68. The minimum Gasteiger partial charge on any atom is -0.304 e. The molecule has 1 unspecified atom stereocenters. The van der Waals surface area contributed by atoms with Crippen molar-refractivity contribution in [3.63, 3.8) is 0 Å². The van der Waals surface area contributed by atoms with Crippen LogP contribution in [0.15, 0.2) is 30.5 Å². The summed E-state index contributed by atoms with van der Waals surface area (Å²) in [5, 5.41) is 10.2. The fourth-order valence-corrected chi connectivity index (χ4v) is 2.44. The molecule has 0 saturated heterocycles. The first kappa shape index (κ1) is 10.5. The Labute approximate surface area is 99.1 Å². The molecule has 3 rings (SSSR count). The van der Waals surface area contributed by atoms with Gasteiger partial charge in [-0.2, -0.15) is 5.10 Å². The van der Waals surface area contributed by atoms with Crippen molar-refractivity contribution in [3.05, 3.63) is 53.1 Å². The van der Waals surface area contributed by atoms with E-state index in [2.05, 4.69) is 15.5 Å². The van der Waals surface area contributed by atoms with Crippen LogP contribution in [0.5, 0.6) is 0 Å². The normalized spacial score (nSPS) is 18.3. The number of nitrogens with one attached hydrogen (secondary N) is 2. The molecule has 1 heterocycles. The van der Waals surface area contributed by atoms with E-state index in [1.165, 1.54) is 6.07 Å². The third-order valence-corrected chi connectivity index (χ3v) is 3.31. The zero-order valence-electron chi connectivity index (χ0n) is 9.41. The lowest BCUT2D eigenvalue weighted by Gasteiger charge is -2.13. The molecule has 88 valence electrons. The van der Waals surface area contributed by atoms with Gasteiger partial charge in [0.15, 0.2) is 0 Å². The maximum absolute atomic E-state index is 13.5. The van der Waals surface area contributed by atoms with E-state index in [9.17, 15) is 4.39 Å². The van der Waals surface area contributed by atoms with Crippen molar-refractivity contribution in [2.45, 2.75) is 25.4 Å². The van der Waals surface area contributed by atoms with Gasteiger partial charge in [0.1, 0.15) is 5.82 Å². The fraction of sp³-hybridized carbons (Fsp3) is 0.308. The van der Waals surface area contributed by atoms with Crippen molar-refractivity contribution in [3.8, 4) is 0 Å². The molecule has 1 aliphatic carbocycles. The molecule has 0 saturated carbocycles. The molecule has 1 atom stereocenters. The van der Waals surface area contributed by atoms with Crippen LogP contribution in [-0.4, -0.2) is 10.2 Å². The molecule has 2 aromatic rings. The Morgan fingerprint density at radius 2 is 2.35 bits per heavy atom. The third-order valence-electron chi connectivity index (χ3n) is 3.31. The van der Waals surface area contributed by atoms with E-state index in [0.29, 0.717) is 0 Å². The maximum atomic E-state index is 13.5. The van der Waals surface area contributed by atoms with Gasteiger partial charge in [-0.15, -0.1) is 0 Å². The van der Waals surface area contributed by atoms with E-state index in [-0.39, 0.29) is 11.9 Å². The maximum Gasteiger partial charge on any atom is 0.126 e. The highest BCUT2D eigenvalue weighted by Crippen LogP contribution is 2.32. The van der Waals surface area contributed by atoms with Gasteiger partial charge in [-0.25, -0.2) is 4.39 Å². The highest BCUT2D eigenvalue weighted by molar-refractivity contribution is 5.35. The Bertz CT molecular complexity index is 507. The van der Waals surface area contributed by atoms with Gasteiger partial charge in [-0.05, 0) is 36.1 Å². The summed E-state index contributed by atoms with van der Waals surface area (Å²) >= 11 is 0. The van der Waals surface area contributed by atoms with Crippen LogP contribution in [0, 0.1) is 5.82 Å². The summed E-state index contributed by atoms with van der Waals surface area (Å²) < 4.78 is 13.5. The zero-order chi connectivity index (χ0) is 11.7. The third kappa shape index (κ3) is 1.96. The fourth-order valence-electron chi connectivity index (χ4n) is 2.44. The molecule has 2 N–H and O–H groups in total. The Morgan fingerprint density at radius 3 is 3.18 bits per heavy atom. The number of fused-ring (bicyclic) bond motifs is 1. The van der Waals surface area contributed by atoms with Gasteiger partial charge in [-0.1, -0.05) is 12.1 Å². The molecule has 1 aromatic heterocycles. The first-order valence-corrected chi connectivity index (χ1v) is 5.83. The van der Waals surface area contributed by atoms with Crippen LogP contribution in [0.25, 0.3) is 0 Å². The van der Waals surface area contributed by atoms with Gasteiger partial charge < -0.3 is 5.32 Å². The van der Waals surface area contributed by atoms with E-state index >= 15 is 0 Å². The molecule has 0 radical (unpaired) electrons. The number of halogens is 1. The lowest BCUT2D eigenvalue weighted by molar-refractivity contribution is 0.524. The minimum absolute atomic E-state index is 0.0756. The van der Waals surface area contributed by atoms with Gasteiger partial charge in [0, 0.05) is 24.5 Å². The molecule has 1 aliphatic rings. The Kier molecular flexibility index (Phi) is 2.65. The van der Waals surface area contributed by atoms with Crippen molar-refractivity contribution in [2.75, 3.05) is 0 Å². The monoisotopic (exact) mass is 231 g/mol. The number of hydrogen-bond acceptors (Lipinski definition) is 2. The van der Waals surface area contributed by atoms with E-state index in [1.807, 2.05) is 12.1 Å². The largest absolute Gasteiger partial charge is 0.304 e. The average molecular weight is 231 g/mol. The first-order valence-electron chi connectivity index (χ1n) is 5.83. The summed E-state index contributed by atoms with van der Waals surface area (Å²) in [4.78, 5) is 0. The van der Waals surface area contributed by atoms with Crippen molar-refractivity contribution in [2.24, 2.45) is 0 Å². The number of hydrogen-bond donors (Lipinski definition) is 2. The lowest BCUT2D eigenvalue weighted by Crippen LogP contribution is -2.18. The summed E-state index contributed by atoms with van der Waals surface area (Å²) in [5.41, 5.74) is 3.02. The van der Waals surface area contributed by atoms with Crippen LogP contribution in [-0.2, 0) is 13.0 Å². The molecule has 17 heavy (non-hydrogen) atoms. The van der Waals surface area contributed by atoms with Gasteiger partial charge in [-0.3, -0.25) is 5.10 Å². The molecule has 0 amide bonds. The molecule has 4 heteroatoms. The molecule has 0 fully saturated rings. The summed E-state index contributed by atoms with van der Waals surface area (Å²) in [6.45, 7) is 0.737. The Balaban J connectivity index is 1.73. The van der Waals surface area contributed by atoms with Crippen molar-refractivity contribution in [1.29, 1.82) is 0 Å². The number of aromatic amines is 1. The van der Waals surface area contributed by atoms with Crippen LogP contribution < -0.4 is 5.32 Å². The first-order chi connectivity index (χ1) is 8.34. The van der Waals surface area contributed by atoms with Crippen LogP contribution >= 0.6 is 0 Å². The molecule has 3 nitrogen and oxygen atoms in total. The van der Waals surface area contributed by atoms with E-state index in [1.54, 1.807) is 12.3 Å². The van der Waals surface area contributed by atoms with Gasteiger partial charge in [0.2, 0.25) is 0 Å². The quantitative estimate of drug-likeness (QED) is 0.851. The van der Waals surface area contributed by atoms with Gasteiger partial charge >= 0.3 is 0 Å². The molecule has 0 bridgehead atoms. The highest BCUT2D eigenvalue weighted by Gasteiger charge is 2.24. The minimum atomic E-state index is -0.0756. The van der Waals surface area contributed by atoms with Gasteiger partial charge in [0.25, 0.3) is 0 Å². The average Bonchev–Trinajstić information content (AvgIpc) is 2.95. The number of rotatable bonds is 3. The second kappa shape index (κ2) is 4.30. The molecule has 0 spiro atoms. The molecular weight excluding hydrogens is 217 g/mol. The van der Waals surface area contributed by atoms with E-state index in [0.717, 1.165) is 36.2 Å². The smallest absolute Gasteiger partial charge is 0.126 e. The van der Waals surface area contributed by atoms with Crippen LogP contribution in [0.4, 0.5) is 4.39 Å². The summed E-state index contributed by atoms with van der Waals surface area (Å²) in [6.07, 6.45) is 3.52. The predicted molar refractivity (Wildman–Crippen MR) is 62.9 cm³/mol. The molecule has 0 aliphatic heterocycles. The number of nitrogens with zero attached hydrogens (tertiary/aromatic N) is 1. The summed E-state index contributed by atoms with van der Waals surface area (Å²) in [5.74, 6) is -0.0756. The van der Waals surface area contributed by atoms with E-state index in [4.69, 9.17) is 0 Å². The number of H-pyrrole nitrogens is 1. The van der Waals surface area contributed by atoms with Crippen molar-refractivity contribution in [1.82, 2.24) is 15.5 Å². The van der Waals surface area contributed by atoms with Crippen LogP contribution in [0.1, 0.15) is 29.3 Å². The SMILES string of the molecule is Fc1cccc2c1CCC2NCc1ccn[nH]1. The lowest BCUT2D eigenvalue weighted by atomic mass is 10.1. The second-order valence-corrected chi connectivity index (χ2v) is 4.36. The zero-order valence-corrected chi connectivity index (χ0v) is 9.41. The van der Waals surface area contributed by atoms with Gasteiger partial charge in [0.05, 0.1) is 0 Å². The van der Waals surface area contributed by atoms with Crippen LogP contribution in [0.3, 0.4) is 0 Å². The van der Waals surface area contributed by atoms with Crippen LogP contribution in [0.2, 0.25) is 0 Å². The Morgan fingerprint density at radius 1 is 1.41 bits per heavy atom. The van der Waals surface area contributed by atoms with E-state index < -0.39 is 0 Å². The highest BCUT2D eigenvalue weighted by atomic mass is 19.1. The summed E-state index contributed by atoms with van der Waals surface area (Å²) in [6, 6.07) is 7.52. The standard InChI is InChI=1S/C13H14FN3/c14-12-3-1-2-11-10(12)4-5-13(11)15-8-9-6-7-16-17-9/h1-3,6-7,13,15H,4-5,8H2,(H,16,17).